The van der Waals surface area contributed by atoms with Gasteiger partial charge >= 0.3 is 6.03 Å². The molecule has 0 unspecified atom stereocenters. The number of urea groups is 1. The number of nitrogens with one attached hydrogen (secondary N) is 2. The Kier molecular flexibility index (Phi) is 5.38. The summed E-state index contributed by atoms with van der Waals surface area (Å²) < 4.78 is 5.36. The van der Waals surface area contributed by atoms with E-state index in [0.29, 0.717) is 31.5 Å². The van der Waals surface area contributed by atoms with Crippen molar-refractivity contribution in [2.75, 3.05) is 33.4 Å². The Morgan fingerprint density at radius 1 is 1.42 bits per heavy atom. The molecule has 24 heavy (non-hydrogen) atoms. The number of rotatable bonds is 7. The first-order valence-electron chi connectivity index (χ1n) is 9.02. The van der Waals surface area contributed by atoms with Crippen LogP contribution >= 0.6 is 0 Å². The Morgan fingerprint density at radius 2 is 2.21 bits per heavy atom. The smallest absolute Gasteiger partial charge is 0.317 e. The van der Waals surface area contributed by atoms with Crippen LogP contribution in [0, 0.1) is 11.8 Å². The van der Waals surface area contributed by atoms with Crippen LogP contribution < -0.4 is 5.32 Å². The van der Waals surface area contributed by atoms with E-state index in [1.807, 2.05) is 4.90 Å². The summed E-state index contributed by atoms with van der Waals surface area (Å²) in [6, 6.07) is 0.0150. The number of carbonyl (C=O) groups is 1. The van der Waals surface area contributed by atoms with E-state index in [-0.39, 0.29) is 17.9 Å². The summed E-state index contributed by atoms with van der Waals surface area (Å²) in [6.45, 7) is 7.04. The summed E-state index contributed by atoms with van der Waals surface area (Å²) in [4.78, 5) is 19.0. The van der Waals surface area contributed by atoms with Gasteiger partial charge in [0.1, 0.15) is 5.82 Å². The topological polar surface area (TPSA) is 83.1 Å². The molecule has 1 aliphatic carbocycles. The average molecular weight is 335 g/mol. The van der Waals surface area contributed by atoms with E-state index in [4.69, 9.17) is 4.74 Å². The zero-order chi connectivity index (χ0) is 17.1. The molecule has 2 fully saturated rings. The third-order valence-electron chi connectivity index (χ3n) is 4.92. The molecule has 1 aromatic rings. The van der Waals surface area contributed by atoms with Gasteiger partial charge in [0.2, 0.25) is 0 Å². The molecule has 0 radical (unpaired) electrons. The zero-order valence-corrected chi connectivity index (χ0v) is 14.9. The molecule has 2 N–H and O–H groups in total. The lowest BCUT2D eigenvalue weighted by Crippen LogP contribution is -2.39. The molecular weight excluding hydrogens is 306 g/mol. The predicted molar refractivity (Wildman–Crippen MR) is 90.9 cm³/mol. The number of ether oxygens (including phenoxy) is 1. The Labute approximate surface area is 143 Å². The fraction of sp³-hybridized carbons (Fsp3) is 0.824. The summed E-state index contributed by atoms with van der Waals surface area (Å²) in [5.74, 6) is 3.38. The normalized spacial score (nSPS) is 23.9. The van der Waals surface area contributed by atoms with Crippen molar-refractivity contribution in [1.82, 2.24) is 25.4 Å². The van der Waals surface area contributed by atoms with Gasteiger partial charge in [0.05, 0.1) is 6.61 Å². The molecular formula is C17H29N5O2. The Balaban J connectivity index is 1.61. The number of aromatic nitrogens is 3. The van der Waals surface area contributed by atoms with Gasteiger partial charge in [-0.3, -0.25) is 5.10 Å². The third kappa shape index (κ3) is 4.06. The van der Waals surface area contributed by atoms with Gasteiger partial charge in [-0.1, -0.05) is 13.8 Å². The second kappa shape index (κ2) is 7.51. The van der Waals surface area contributed by atoms with E-state index < -0.39 is 0 Å². The monoisotopic (exact) mass is 335 g/mol. The Morgan fingerprint density at radius 3 is 2.88 bits per heavy atom. The van der Waals surface area contributed by atoms with E-state index in [9.17, 15) is 4.79 Å². The fourth-order valence-electron chi connectivity index (χ4n) is 3.29. The highest BCUT2D eigenvalue weighted by Crippen LogP contribution is 2.39. The average Bonchev–Trinajstić information content (AvgIpc) is 3.12. The number of H-pyrrole nitrogens is 1. The second-order valence-corrected chi connectivity index (χ2v) is 7.49. The maximum Gasteiger partial charge on any atom is 0.317 e. The van der Waals surface area contributed by atoms with Gasteiger partial charge < -0.3 is 15.0 Å². The number of carbonyl (C=O) groups excluding carboxylic acids is 1. The van der Waals surface area contributed by atoms with Crippen LogP contribution in [0.4, 0.5) is 4.79 Å². The molecule has 0 bridgehead atoms. The van der Waals surface area contributed by atoms with Gasteiger partial charge in [-0.25, -0.2) is 9.78 Å². The third-order valence-corrected chi connectivity index (χ3v) is 4.92. The first kappa shape index (κ1) is 17.2. The predicted octanol–water partition coefficient (Wildman–Crippen LogP) is 2.10. The molecule has 2 heterocycles. The first-order valence-corrected chi connectivity index (χ1v) is 9.02. The number of aromatic amines is 1. The number of hydrogen-bond acceptors (Lipinski definition) is 4. The van der Waals surface area contributed by atoms with Crippen molar-refractivity contribution in [2.24, 2.45) is 11.8 Å². The molecule has 1 saturated carbocycles. The summed E-state index contributed by atoms with van der Waals surface area (Å²) in [6.07, 6.45) is 3.37. The minimum atomic E-state index is 0.0150. The molecule has 1 saturated heterocycles. The van der Waals surface area contributed by atoms with Crippen LogP contribution in [-0.2, 0) is 4.74 Å². The lowest BCUT2D eigenvalue weighted by molar-refractivity contribution is 0.147. The van der Waals surface area contributed by atoms with Crippen LogP contribution in [0.15, 0.2) is 0 Å². The molecule has 134 valence electrons. The molecule has 7 heteroatoms. The van der Waals surface area contributed by atoms with Gasteiger partial charge in [0.15, 0.2) is 5.82 Å². The van der Waals surface area contributed by atoms with Crippen LogP contribution in [0.5, 0.6) is 0 Å². The molecule has 2 atom stereocenters. The molecule has 2 amide bonds. The number of hydrogen-bond donors (Lipinski definition) is 2. The van der Waals surface area contributed by atoms with E-state index in [2.05, 4.69) is 34.3 Å². The molecule has 0 spiro atoms. The van der Waals surface area contributed by atoms with Crippen molar-refractivity contribution < 1.29 is 9.53 Å². The van der Waals surface area contributed by atoms with E-state index in [1.54, 1.807) is 7.11 Å². The van der Waals surface area contributed by atoms with Crippen molar-refractivity contribution in [3.63, 3.8) is 0 Å². The number of amides is 2. The van der Waals surface area contributed by atoms with Crippen LogP contribution in [0.1, 0.15) is 56.6 Å². The molecule has 3 rings (SSSR count). The molecule has 2 aliphatic rings. The van der Waals surface area contributed by atoms with Crippen LogP contribution in [0.25, 0.3) is 0 Å². The van der Waals surface area contributed by atoms with Gasteiger partial charge in [-0.05, 0) is 25.2 Å². The van der Waals surface area contributed by atoms with Crippen molar-refractivity contribution in [3.05, 3.63) is 11.6 Å². The minimum absolute atomic E-state index is 0.0150. The SMILES string of the molecule is COC[C@@H]1CN(C(=O)NCCC(C)C)C[C@H]1c1nc(C2CC2)n[nH]1. The van der Waals surface area contributed by atoms with E-state index >= 15 is 0 Å². The number of nitrogens with zero attached hydrogens (tertiary/aromatic N) is 3. The maximum atomic E-state index is 12.4. The molecule has 7 nitrogen and oxygen atoms in total. The fourth-order valence-corrected chi connectivity index (χ4v) is 3.29. The van der Waals surface area contributed by atoms with Crippen molar-refractivity contribution in [3.8, 4) is 0 Å². The second-order valence-electron chi connectivity index (χ2n) is 7.49. The first-order chi connectivity index (χ1) is 11.6. The maximum absolute atomic E-state index is 12.4. The van der Waals surface area contributed by atoms with Crippen LogP contribution in [-0.4, -0.2) is 59.5 Å². The molecule has 1 aliphatic heterocycles. The Bertz CT molecular complexity index is 555. The van der Waals surface area contributed by atoms with Crippen molar-refractivity contribution in [1.29, 1.82) is 0 Å². The summed E-state index contributed by atoms with van der Waals surface area (Å²) >= 11 is 0. The highest BCUT2D eigenvalue weighted by atomic mass is 16.5. The van der Waals surface area contributed by atoms with Gasteiger partial charge in [-0.2, -0.15) is 5.10 Å². The molecule has 0 aromatic carbocycles. The van der Waals surface area contributed by atoms with Gasteiger partial charge in [0, 0.05) is 44.5 Å². The van der Waals surface area contributed by atoms with E-state index in [0.717, 1.165) is 24.6 Å². The zero-order valence-electron chi connectivity index (χ0n) is 14.9. The molecule has 1 aromatic heterocycles. The quantitative estimate of drug-likeness (QED) is 0.799. The summed E-state index contributed by atoms with van der Waals surface area (Å²) in [5.41, 5.74) is 0. The lowest BCUT2D eigenvalue weighted by Gasteiger charge is -2.17. The van der Waals surface area contributed by atoms with E-state index in [1.165, 1.54) is 12.8 Å². The van der Waals surface area contributed by atoms with Crippen molar-refractivity contribution >= 4 is 6.03 Å². The Hall–Kier alpha value is -1.63. The van der Waals surface area contributed by atoms with Crippen LogP contribution in [0.3, 0.4) is 0 Å². The number of likely N-dealkylation sites (tertiary alicyclic amines) is 1. The van der Waals surface area contributed by atoms with Gasteiger partial charge in [-0.15, -0.1) is 0 Å². The van der Waals surface area contributed by atoms with Crippen LogP contribution in [0.2, 0.25) is 0 Å². The van der Waals surface area contributed by atoms with Crippen molar-refractivity contribution in [2.45, 2.75) is 44.9 Å². The summed E-state index contributed by atoms with van der Waals surface area (Å²) in [5, 5.41) is 10.5. The number of methoxy groups -OCH3 is 1. The lowest BCUT2D eigenvalue weighted by atomic mass is 9.96. The van der Waals surface area contributed by atoms with Gasteiger partial charge in [0.25, 0.3) is 0 Å². The highest BCUT2D eigenvalue weighted by Gasteiger charge is 2.39. The largest absolute Gasteiger partial charge is 0.384 e. The highest BCUT2D eigenvalue weighted by molar-refractivity contribution is 5.74. The summed E-state index contributed by atoms with van der Waals surface area (Å²) in [7, 11) is 1.71. The standard InChI is InChI=1S/C17H29N5O2/c1-11(2)6-7-18-17(23)22-8-13(10-24-3)14(9-22)16-19-15(20-21-16)12-4-5-12/h11-14H,4-10H2,1-3H3,(H,18,23)(H,19,20,21)/t13-,14+/m0/s1. The minimum Gasteiger partial charge on any atom is -0.384 e.